The molecule has 0 unspecified atom stereocenters. The van der Waals surface area contributed by atoms with Crippen LogP contribution in [0.5, 0.6) is 0 Å². The van der Waals surface area contributed by atoms with Gasteiger partial charge in [-0.1, -0.05) is 38.8 Å². The summed E-state index contributed by atoms with van der Waals surface area (Å²) in [5, 5.41) is 11.3. The Labute approximate surface area is 129 Å². The Kier molecular flexibility index (Phi) is 5.11. The fourth-order valence-electron chi connectivity index (χ4n) is 1.58. The Bertz CT molecular complexity index is 616. The first-order valence-electron chi connectivity index (χ1n) is 5.88. The van der Waals surface area contributed by atoms with Gasteiger partial charge in [0.15, 0.2) is 0 Å². The molecule has 0 saturated heterocycles. The summed E-state index contributed by atoms with van der Waals surface area (Å²) in [5.74, 6) is -0.226. The molecule has 1 aromatic carbocycles. The van der Waals surface area contributed by atoms with Gasteiger partial charge in [-0.05, 0) is 17.7 Å². The van der Waals surface area contributed by atoms with Gasteiger partial charge in [0.2, 0.25) is 5.91 Å². The Morgan fingerprint density at radius 1 is 1.50 bits per heavy atom. The van der Waals surface area contributed by atoms with Gasteiger partial charge in [0.05, 0.1) is 25.8 Å². The van der Waals surface area contributed by atoms with Gasteiger partial charge in [0, 0.05) is 9.50 Å². The van der Waals surface area contributed by atoms with Crippen LogP contribution in [0.1, 0.15) is 11.3 Å². The molecule has 0 aliphatic carbocycles. The number of carbonyl (C=O) groups is 1. The van der Waals surface area contributed by atoms with Crippen LogP contribution in [0.3, 0.4) is 0 Å². The molecule has 0 fully saturated rings. The van der Waals surface area contributed by atoms with E-state index >= 15 is 0 Å². The number of nitrogens with two attached hydrogens (primary N) is 1. The van der Waals surface area contributed by atoms with E-state index in [1.54, 1.807) is 10.9 Å². The van der Waals surface area contributed by atoms with Crippen LogP contribution in [0.25, 0.3) is 0 Å². The van der Waals surface area contributed by atoms with Gasteiger partial charge in [-0.2, -0.15) is 0 Å². The summed E-state index contributed by atoms with van der Waals surface area (Å²) in [6, 6.07) is 5.67. The summed E-state index contributed by atoms with van der Waals surface area (Å²) in [5.41, 5.74) is 6.81. The van der Waals surface area contributed by atoms with Crippen LogP contribution in [0.15, 0.2) is 28.9 Å². The second kappa shape index (κ2) is 6.83. The molecular weight excluding hydrogens is 346 g/mol. The third-order valence-corrected chi connectivity index (χ3v) is 3.43. The maximum atomic E-state index is 11.0. The number of carbonyl (C=O) groups excluding carboxylic acids is 1. The zero-order valence-corrected chi connectivity index (χ0v) is 12.9. The van der Waals surface area contributed by atoms with Crippen LogP contribution < -0.4 is 11.1 Å². The number of hydrogen-bond donors (Lipinski definition) is 2. The Balaban J connectivity index is 2.00. The summed E-state index contributed by atoms with van der Waals surface area (Å²) in [6.07, 6.45) is 1.76. The largest absolute Gasteiger partial charge is 0.349 e. The number of benzene rings is 1. The van der Waals surface area contributed by atoms with Crippen LogP contribution in [0, 0.1) is 0 Å². The maximum absolute atomic E-state index is 11.0. The molecule has 0 aliphatic heterocycles. The van der Waals surface area contributed by atoms with Gasteiger partial charge in [0.25, 0.3) is 0 Å². The number of hydrogen-bond acceptors (Lipinski definition) is 4. The monoisotopic (exact) mass is 357 g/mol. The number of nitrogens with one attached hydrogen (secondary N) is 1. The molecule has 0 radical (unpaired) electrons. The molecule has 1 aromatic heterocycles. The van der Waals surface area contributed by atoms with E-state index in [-0.39, 0.29) is 12.5 Å². The van der Waals surface area contributed by atoms with Crippen molar-refractivity contribution in [2.24, 2.45) is 5.73 Å². The van der Waals surface area contributed by atoms with Crippen molar-refractivity contribution >= 4 is 33.4 Å². The molecule has 0 bridgehead atoms. The minimum atomic E-state index is -0.226. The van der Waals surface area contributed by atoms with Gasteiger partial charge in [0.1, 0.15) is 5.69 Å². The summed E-state index contributed by atoms with van der Waals surface area (Å²) in [7, 11) is 0. The predicted molar refractivity (Wildman–Crippen MR) is 79.2 cm³/mol. The van der Waals surface area contributed by atoms with Crippen molar-refractivity contribution in [1.82, 2.24) is 20.3 Å². The molecule has 20 heavy (non-hydrogen) atoms. The van der Waals surface area contributed by atoms with Gasteiger partial charge < -0.3 is 11.1 Å². The Morgan fingerprint density at radius 3 is 3.00 bits per heavy atom. The number of halogens is 2. The topological polar surface area (TPSA) is 85.8 Å². The quantitative estimate of drug-likeness (QED) is 0.844. The first-order chi connectivity index (χ1) is 9.58. The normalized spacial score (nSPS) is 10.6. The van der Waals surface area contributed by atoms with Gasteiger partial charge in [-0.15, -0.1) is 5.10 Å². The highest BCUT2D eigenvalue weighted by Crippen LogP contribution is 2.21. The smallest absolute Gasteiger partial charge is 0.234 e. The van der Waals surface area contributed by atoms with E-state index in [1.165, 1.54) is 0 Å². The zero-order chi connectivity index (χ0) is 14.5. The minimum Gasteiger partial charge on any atom is -0.349 e. The van der Waals surface area contributed by atoms with E-state index < -0.39 is 0 Å². The first kappa shape index (κ1) is 15.0. The second-order valence-electron chi connectivity index (χ2n) is 4.12. The molecule has 106 valence electrons. The first-order valence-corrected chi connectivity index (χ1v) is 7.05. The third-order valence-electron chi connectivity index (χ3n) is 2.59. The Hall–Kier alpha value is -1.44. The number of aromatic nitrogens is 3. The average molecular weight is 359 g/mol. The molecule has 1 heterocycles. The minimum absolute atomic E-state index is 0.0390. The van der Waals surface area contributed by atoms with E-state index in [0.717, 1.165) is 10.0 Å². The fourth-order valence-corrected chi connectivity index (χ4v) is 2.32. The van der Waals surface area contributed by atoms with Crippen LogP contribution in [-0.2, 0) is 17.9 Å². The molecule has 2 aromatic rings. The SMILES string of the molecule is NCC(=O)NCc1cn(Cc2ccc(Br)cc2Cl)nn1. The fraction of sp³-hybridized carbons (Fsp3) is 0.250. The van der Waals surface area contributed by atoms with Crippen LogP contribution >= 0.6 is 27.5 Å². The molecule has 6 nitrogen and oxygen atoms in total. The van der Waals surface area contributed by atoms with Crippen LogP contribution in [0.4, 0.5) is 0 Å². The average Bonchev–Trinajstić information content (AvgIpc) is 2.87. The summed E-state index contributed by atoms with van der Waals surface area (Å²) >= 11 is 9.50. The van der Waals surface area contributed by atoms with Crippen LogP contribution in [-0.4, -0.2) is 27.4 Å². The van der Waals surface area contributed by atoms with Crippen molar-refractivity contribution < 1.29 is 4.79 Å². The standard InChI is InChI=1S/C12H13BrClN5O/c13-9-2-1-8(11(14)3-9)6-19-7-10(17-18-19)5-16-12(20)4-15/h1-3,7H,4-6,15H2,(H,16,20). The number of amides is 1. The van der Waals surface area contributed by atoms with Gasteiger partial charge in [-0.3, -0.25) is 4.79 Å². The maximum Gasteiger partial charge on any atom is 0.234 e. The van der Waals surface area contributed by atoms with E-state index in [2.05, 4.69) is 31.6 Å². The molecule has 0 atom stereocenters. The molecule has 0 aliphatic rings. The lowest BCUT2D eigenvalue weighted by atomic mass is 10.2. The highest BCUT2D eigenvalue weighted by atomic mass is 79.9. The molecule has 2 rings (SSSR count). The number of rotatable bonds is 5. The van der Waals surface area contributed by atoms with Crippen molar-refractivity contribution in [3.63, 3.8) is 0 Å². The van der Waals surface area contributed by atoms with Crippen molar-refractivity contribution in [2.45, 2.75) is 13.1 Å². The number of nitrogens with zero attached hydrogens (tertiary/aromatic N) is 3. The molecule has 0 saturated carbocycles. The Morgan fingerprint density at radius 2 is 2.30 bits per heavy atom. The van der Waals surface area contributed by atoms with Crippen molar-refractivity contribution in [1.29, 1.82) is 0 Å². The molecule has 0 spiro atoms. The van der Waals surface area contributed by atoms with Crippen molar-refractivity contribution in [3.05, 3.63) is 45.1 Å². The predicted octanol–water partition coefficient (Wildman–Crippen LogP) is 1.32. The van der Waals surface area contributed by atoms with Crippen molar-refractivity contribution in [3.8, 4) is 0 Å². The lowest BCUT2D eigenvalue weighted by Gasteiger charge is -2.04. The molecule has 1 amide bonds. The molecular formula is C12H13BrClN5O. The van der Waals surface area contributed by atoms with Gasteiger partial charge >= 0.3 is 0 Å². The van der Waals surface area contributed by atoms with E-state index in [0.29, 0.717) is 23.8 Å². The summed E-state index contributed by atoms with van der Waals surface area (Å²) in [6.45, 7) is 0.788. The third kappa shape index (κ3) is 4.03. The lowest BCUT2D eigenvalue weighted by Crippen LogP contribution is -2.29. The highest BCUT2D eigenvalue weighted by Gasteiger charge is 2.06. The van der Waals surface area contributed by atoms with Crippen molar-refractivity contribution in [2.75, 3.05) is 6.54 Å². The second-order valence-corrected chi connectivity index (χ2v) is 5.45. The molecule has 8 heteroatoms. The molecule has 3 N–H and O–H groups in total. The van der Waals surface area contributed by atoms with E-state index in [1.807, 2.05) is 18.2 Å². The summed E-state index contributed by atoms with van der Waals surface area (Å²) < 4.78 is 2.59. The zero-order valence-electron chi connectivity index (χ0n) is 10.5. The highest BCUT2D eigenvalue weighted by molar-refractivity contribution is 9.10. The van der Waals surface area contributed by atoms with E-state index in [4.69, 9.17) is 17.3 Å². The van der Waals surface area contributed by atoms with Crippen LogP contribution in [0.2, 0.25) is 5.02 Å². The summed E-state index contributed by atoms with van der Waals surface area (Å²) in [4.78, 5) is 11.0. The lowest BCUT2D eigenvalue weighted by molar-refractivity contribution is -0.119. The van der Waals surface area contributed by atoms with E-state index in [9.17, 15) is 4.79 Å². The van der Waals surface area contributed by atoms with Gasteiger partial charge in [-0.25, -0.2) is 4.68 Å².